The average Bonchev–Trinajstić information content (AvgIpc) is 2.46. The van der Waals surface area contributed by atoms with Crippen molar-refractivity contribution >= 4 is 23.5 Å². The first-order valence-corrected chi connectivity index (χ1v) is 6.39. The number of hydrogen-bond donors (Lipinski definition) is 0. The van der Waals surface area contributed by atoms with Crippen LogP contribution in [-0.2, 0) is 0 Å². The third kappa shape index (κ3) is 2.71. The number of halogens is 1. The molecule has 96 valence electrons. The molecule has 0 saturated carbocycles. The zero-order valence-corrected chi connectivity index (χ0v) is 10.9. The SMILES string of the molecule is Clc1ccccc1C=Nc1ccc2c(c1)OCCO2. The summed E-state index contributed by atoms with van der Waals surface area (Å²) in [5.74, 6) is 1.50. The standard InChI is InChI=1S/C15H12ClNO2/c16-13-4-2-1-3-11(13)10-17-12-5-6-14-15(9-12)19-8-7-18-14/h1-6,9-10H,7-8H2. The number of fused-ring (bicyclic) bond motifs is 1. The Labute approximate surface area is 116 Å². The highest BCUT2D eigenvalue weighted by Crippen LogP contribution is 2.33. The van der Waals surface area contributed by atoms with Gasteiger partial charge in [0.2, 0.25) is 0 Å². The molecule has 19 heavy (non-hydrogen) atoms. The number of aliphatic imine (C=N–C) groups is 1. The van der Waals surface area contributed by atoms with Gasteiger partial charge in [-0.3, -0.25) is 4.99 Å². The monoisotopic (exact) mass is 273 g/mol. The molecule has 0 bridgehead atoms. The van der Waals surface area contributed by atoms with Crippen LogP contribution >= 0.6 is 11.6 Å². The number of rotatable bonds is 2. The Morgan fingerprint density at radius 3 is 2.63 bits per heavy atom. The molecule has 0 N–H and O–H groups in total. The van der Waals surface area contributed by atoms with E-state index in [0.29, 0.717) is 18.2 Å². The van der Waals surface area contributed by atoms with Crippen LogP contribution in [0.4, 0.5) is 5.69 Å². The lowest BCUT2D eigenvalue weighted by Gasteiger charge is -2.18. The molecule has 1 heterocycles. The van der Waals surface area contributed by atoms with Gasteiger partial charge in [-0.1, -0.05) is 29.8 Å². The van der Waals surface area contributed by atoms with E-state index < -0.39 is 0 Å². The summed E-state index contributed by atoms with van der Waals surface area (Å²) < 4.78 is 11.0. The topological polar surface area (TPSA) is 30.8 Å². The molecular formula is C15H12ClNO2. The molecule has 1 aliphatic heterocycles. The van der Waals surface area contributed by atoms with Crippen molar-refractivity contribution in [2.24, 2.45) is 4.99 Å². The van der Waals surface area contributed by atoms with Gasteiger partial charge < -0.3 is 9.47 Å². The maximum absolute atomic E-state index is 6.07. The largest absolute Gasteiger partial charge is 0.486 e. The van der Waals surface area contributed by atoms with E-state index in [1.165, 1.54) is 0 Å². The van der Waals surface area contributed by atoms with Crippen molar-refractivity contribution in [2.75, 3.05) is 13.2 Å². The lowest BCUT2D eigenvalue weighted by Crippen LogP contribution is -2.14. The minimum atomic E-state index is 0.574. The van der Waals surface area contributed by atoms with Crippen molar-refractivity contribution in [1.29, 1.82) is 0 Å². The minimum absolute atomic E-state index is 0.574. The minimum Gasteiger partial charge on any atom is -0.486 e. The fourth-order valence-corrected chi connectivity index (χ4v) is 2.02. The van der Waals surface area contributed by atoms with Crippen LogP contribution in [0.3, 0.4) is 0 Å². The van der Waals surface area contributed by atoms with Crippen LogP contribution in [0, 0.1) is 0 Å². The summed E-state index contributed by atoms with van der Waals surface area (Å²) >= 11 is 6.07. The van der Waals surface area contributed by atoms with E-state index in [1.54, 1.807) is 6.21 Å². The molecule has 3 rings (SSSR count). The third-order valence-electron chi connectivity index (χ3n) is 2.78. The van der Waals surface area contributed by atoms with Crippen LogP contribution in [0.2, 0.25) is 5.02 Å². The zero-order valence-electron chi connectivity index (χ0n) is 10.2. The Hall–Kier alpha value is -2.00. The molecule has 0 unspecified atom stereocenters. The Balaban J connectivity index is 1.85. The van der Waals surface area contributed by atoms with Gasteiger partial charge in [0.05, 0.1) is 5.69 Å². The Morgan fingerprint density at radius 2 is 1.79 bits per heavy atom. The van der Waals surface area contributed by atoms with E-state index in [0.717, 1.165) is 22.7 Å². The first kappa shape index (κ1) is 12.1. The Morgan fingerprint density at radius 1 is 1.00 bits per heavy atom. The maximum Gasteiger partial charge on any atom is 0.163 e. The zero-order chi connectivity index (χ0) is 13.1. The number of benzene rings is 2. The second-order valence-corrected chi connectivity index (χ2v) is 4.51. The van der Waals surface area contributed by atoms with Crippen molar-refractivity contribution in [2.45, 2.75) is 0 Å². The number of hydrogen-bond acceptors (Lipinski definition) is 3. The van der Waals surface area contributed by atoms with Crippen molar-refractivity contribution in [1.82, 2.24) is 0 Å². The highest BCUT2D eigenvalue weighted by atomic mass is 35.5. The lowest BCUT2D eigenvalue weighted by atomic mass is 10.2. The van der Waals surface area contributed by atoms with Crippen LogP contribution in [0.15, 0.2) is 47.5 Å². The van der Waals surface area contributed by atoms with Crippen LogP contribution < -0.4 is 9.47 Å². The molecule has 1 aliphatic rings. The molecule has 0 aliphatic carbocycles. The molecule has 0 atom stereocenters. The first-order valence-electron chi connectivity index (χ1n) is 6.01. The average molecular weight is 274 g/mol. The van der Waals surface area contributed by atoms with Gasteiger partial charge in [0.1, 0.15) is 13.2 Å². The summed E-state index contributed by atoms with van der Waals surface area (Å²) in [4.78, 5) is 4.40. The van der Waals surface area contributed by atoms with Crippen LogP contribution in [-0.4, -0.2) is 19.4 Å². The van der Waals surface area contributed by atoms with Gasteiger partial charge >= 0.3 is 0 Å². The quantitative estimate of drug-likeness (QED) is 0.778. The van der Waals surface area contributed by atoms with E-state index in [9.17, 15) is 0 Å². The summed E-state index contributed by atoms with van der Waals surface area (Å²) in [5, 5.41) is 0.684. The highest BCUT2D eigenvalue weighted by Gasteiger charge is 2.11. The molecule has 0 spiro atoms. The fraction of sp³-hybridized carbons (Fsp3) is 0.133. The van der Waals surface area contributed by atoms with Gasteiger partial charge in [-0.25, -0.2) is 0 Å². The van der Waals surface area contributed by atoms with Crippen molar-refractivity contribution < 1.29 is 9.47 Å². The summed E-state index contributed by atoms with van der Waals surface area (Å²) in [6.07, 6.45) is 1.74. The van der Waals surface area contributed by atoms with E-state index in [-0.39, 0.29) is 0 Å². The van der Waals surface area contributed by atoms with E-state index in [1.807, 2.05) is 42.5 Å². The van der Waals surface area contributed by atoms with Crippen LogP contribution in [0.5, 0.6) is 11.5 Å². The van der Waals surface area contributed by atoms with Crippen molar-refractivity contribution in [3.63, 3.8) is 0 Å². The smallest absolute Gasteiger partial charge is 0.163 e. The number of nitrogens with zero attached hydrogens (tertiary/aromatic N) is 1. The van der Waals surface area contributed by atoms with Crippen LogP contribution in [0.25, 0.3) is 0 Å². The number of ether oxygens (including phenoxy) is 2. The van der Waals surface area contributed by atoms with Gasteiger partial charge in [-0.15, -0.1) is 0 Å². The molecule has 0 fully saturated rings. The Kier molecular flexibility index (Phi) is 3.38. The second kappa shape index (κ2) is 5.33. The highest BCUT2D eigenvalue weighted by molar-refractivity contribution is 6.33. The van der Waals surface area contributed by atoms with Crippen molar-refractivity contribution in [3.8, 4) is 11.5 Å². The molecule has 3 nitrogen and oxygen atoms in total. The van der Waals surface area contributed by atoms with Gasteiger partial charge in [-0.05, 0) is 18.2 Å². The summed E-state index contributed by atoms with van der Waals surface area (Å²) in [6.45, 7) is 1.17. The maximum atomic E-state index is 6.07. The van der Waals surface area contributed by atoms with Gasteiger partial charge in [-0.2, -0.15) is 0 Å². The summed E-state index contributed by atoms with van der Waals surface area (Å²) in [6, 6.07) is 13.2. The molecule has 0 radical (unpaired) electrons. The normalized spacial score (nSPS) is 13.7. The molecule has 2 aromatic rings. The van der Waals surface area contributed by atoms with Gasteiger partial charge in [0.25, 0.3) is 0 Å². The molecule has 0 saturated heterocycles. The van der Waals surface area contributed by atoms with E-state index >= 15 is 0 Å². The Bertz CT molecular complexity index is 625. The predicted molar refractivity (Wildman–Crippen MR) is 76.1 cm³/mol. The molecular weight excluding hydrogens is 262 g/mol. The van der Waals surface area contributed by atoms with Crippen molar-refractivity contribution in [3.05, 3.63) is 53.1 Å². The fourth-order valence-electron chi connectivity index (χ4n) is 1.84. The summed E-state index contributed by atoms with van der Waals surface area (Å²) in [7, 11) is 0. The predicted octanol–water partition coefficient (Wildman–Crippen LogP) is 3.86. The van der Waals surface area contributed by atoms with Crippen LogP contribution in [0.1, 0.15) is 5.56 Å². The van der Waals surface area contributed by atoms with E-state index in [4.69, 9.17) is 21.1 Å². The molecule has 0 aromatic heterocycles. The molecule has 0 amide bonds. The molecule has 4 heteroatoms. The lowest BCUT2D eigenvalue weighted by molar-refractivity contribution is 0.171. The van der Waals surface area contributed by atoms with Gasteiger partial charge in [0, 0.05) is 22.9 Å². The summed E-state index contributed by atoms with van der Waals surface area (Å²) in [5.41, 5.74) is 1.70. The van der Waals surface area contributed by atoms with Gasteiger partial charge in [0.15, 0.2) is 11.5 Å². The first-order chi connectivity index (χ1) is 9.33. The molecule has 2 aromatic carbocycles. The third-order valence-corrected chi connectivity index (χ3v) is 3.13. The second-order valence-electron chi connectivity index (χ2n) is 4.11. The van der Waals surface area contributed by atoms with E-state index in [2.05, 4.69) is 4.99 Å².